The molecule has 5 heteroatoms. The zero-order valence-electron chi connectivity index (χ0n) is 14.4. The predicted octanol–water partition coefficient (Wildman–Crippen LogP) is 1.82. The summed E-state index contributed by atoms with van der Waals surface area (Å²) in [7, 11) is 1.64. The number of hydrogen-bond donors (Lipinski definition) is 1. The Bertz CT molecular complexity index is 490. The maximum atomic E-state index is 12.2. The Kier molecular flexibility index (Phi) is 6.57. The van der Waals surface area contributed by atoms with Crippen molar-refractivity contribution < 1.29 is 14.3 Å². The Morgan fingerprint density at radius 2 is 2.13 bits per heavy atom. The van der Waals surface area contributed by atoms with Crippen LogP contribution >= 0.6 is 0 Å². The first-order valence-electron chi connectivity index (χ1n) is 8.16. The highest BCUT2D eigenvalue weighted by Gasteiger charge is 2.26. The van der Waals surface area contributed by atoms with Gasteiger partial charge in [0, 0.05) is 26.7 Å². The van der Waals surface area contributed by atoms with Crippen LogP contribution in [0.5, 0.6) is 0 Å². The molecule has 5 nitrogen and oxygen atoms in total. The molecule has 23 heavy (non-hydrogen) atoms. The van der Waals surface area contributed by atoms with Gasteiger partial charge in [0.05, 0.1) is 31.3 Å². The van der Waals surface area contributed by atoms with Crippen LogP contribution < -0.4 is 5.32 Å². The molecule has 1 aliphatic heterocycles. The van der Waals surface area contributed by atoms with Crippen LogP contribution in [0.25, 0.3) is 0 Å². The van der Waals surface area contributed by atoms with E-state index in [4.69, 9.17) is 9.47 Å². The third-order valence-electron chi connectivity index (χ3n) is 3.87. The molecule has 1 saturated heterocycles. The Labute approximate surface area is 139 Å². The van der Waals surface area contributed by atoms with E-state index in [1.165, 1.54) is 5.56 Å². The standard InChI is InChI=1S/C18H28N2O3/c1-18(2,14-22-3)19-17(21)11-16-13-20(9-10-23-16)12-15-7-5-4-6-8-15/h4-8,16H,9-14H2,1-3H3,(H,19,21)/t16-/m1/s1. The number of morpholine rings is 1. The average molecular weight is 320 g/mol. The summed E-state index contributed by atoms with van der Waals surface area (Å²) in [6.07, 6.45) is 0.337. The minimum Gasteiger partial charge on any atom is -0.382 e. The number of carbonyl (C=O) groups excluding carboxylic acids is 1. The second kappa shape index (κ2) is 8.43. The number of methoxy groups -OCH3 is 1. The molecule has 0 aromatic heterocycles. The molecule has 1 fully saturated rings. The summed E-state index contributed by atoms with van der Waals surface area (Å²) in [5.74, 6) is 0.0126. The van der Waals surface area contributed by atoms with Crippen molar-refractivity contribution in [2.75, 3.05) is 33.4 Å². The molecule has 1 heterocycles. The summed E-state index contributed by atoms with van der Waals surface area (Å²) < 4.78 is 10.9. The van der Waals surface area contributed by atoms with Crippen LogP contribution in [0.15, 0.2) is 30.3 Å². The number of amides is 1. The van der Waals surface area contributed by atoms with Gasteiger partial charge in [-0.05, 0) is 19.4 Å². The molecule has 0 radical (unpaired) electrons. The lowest BCUT2D eigenvalue weighted by atomic mass is 10.1. The average Bonchev–Trinajstić information content (AvgIpc) is 2.47. The summed E-state index contributed by atoms with van der Waals surface area (Å²) in [5, 5.41) is 3.01. The lowest BCUT2D eigenvalue weighted by Gasteiger charge is -2.33. The monoisotopic (exact) mass is 320 g/mol. The van der Waals surface area contributed by atoms with E-state index < -0.39 is 0 Å². The maximum Gasteiger partial charge on any atom is 0.223 e. The summed E-state index contributed by atoms with van der Waals surface area (Å²) >= 11 is 0. The van der Waals surface area contributed by atoms with Gasteiger partial charge in [-0.15, -0.1) is 0 Å². The van der Waals surface area contributed by atoms with Crippen molar-refractivity contribution in [1.29, 1.82) is 0 Å². The Morgan fingerprint density at radius 1 is 1.39 bits per heavy atom. The number of carbonyl (C=O) groups is 1. The first kappa shape index (κ1) is 17.9. The van der Waals surface area contributed by atoms with Crippen LogP contribution in [0.1, 0.15) is 25.8 Å². The molecule has 1 atom stereocenters. The molecule has 0 saturated carbocycles. The topological polar surface area (TPSA) is 50.8 Å². The smallest absolute Gasteiger partial charge is 0.223 e. The lowest BCUT2D eigenvalue weighted by molar-refractivity contribution is -0.128. The Balaban J connectivity index is 1.80. The number of ether oxygens (including phenoxy) is 2. The van der Waals surface area contributed by atoms with Crippen molar-refractivity contribution in [3.63, 3.8) is 0 Å². The highest BCUT2D eigenvalue weighted by Crippen LogP contribution is 2.13. The first-order chi connectivity index (χ1) is 11.0. The Morgan fingerprint density at radius 3 is 2.83 bits per heavy atom. The number of hydrogen-bond acceptors (Lipinski definition) is 4. The van der Waals surface area contributed by atoms with Crippen molar-refractivity contribution in [2.24, 2.45) is 0 Å². The van der Waals surface area contributed by atoms with E-state index in [1.807, 2.05) is 19.9 Å². The van der Waals surface area contributed by atoms with E-state index in [9.17, 15) is 4.79 Å². The van der Waals surface area contributed by atoms with Gasteiger partial charge < -0.3 is 14.8 Å². The number of rotatable bonds is 7. The Hall–Kier alpha value is -1.43. The van der Waals surface area contributed by atoms with Crippen molar-refractivity contribution >= 4 is 5.91 Å². The van der Waals surface area contributed by atoms with Gasteiger partial charge in [-0.2, -0.15) is 0 Å². The normalized spacial score (nSPS) is 19.5. The van der Waals surface area contributed by atoms with Crippen molar-refractivity contribution in [3.05, 3.63) is 35.9 Å². The molecule has 2 rings (SSSR count). The molecule has 0 bridgehead atoms. The highest BCUT2D eigenvalue weighted by molar-refractivity contribution is 5.77. The van der Waals surface area contributed by atoms with E-state index in [-0.39, 0.29) is 17.6 Å². The van der Waals surface area contributed by atoms with E-state index >= 15 is 0 Å². The summed E-state index contributed by atoms with van der Waals surface area (Å²) in [5.41, 5.74) is 0.934. The van der Waals surface area contributed by atoms with Gasteiger partial charge in [0.2, 0.25) is 5.91 Å². The van der Waals surface area contributed by atoms with Crippen LogP contribution in [0.2, 0.25) is 0 Å². The van der Waals surface area contributed by atoms with E-state index in [1.54, 1.807) is 7.11 Å². The minimum atomic E-state index is -0.357. The third kappa shape index (κ3) is 6.29. The summed E-state index contributed by atoms with van der Waals surface area (Å²) in [4.78, 5) is 14.5. The first-order valence-corrected chi connectivity index (χ1v) is 8.16. The number of nitrogens with one attached hydrogen (secondary N) is 1. The number of benzene rings is 1. The van der Waals surface area contributed by atoms with Gasteiger partial charge in [-0.3, -0.25) is 9.69 Å². The van der Waals surface area contributed by atoms with Crippen LogP contribution in [-0.4, -0.2) is 55.9 Å². The van der Waals surface area contributed by atoms with Crippen LogP contribution in [0.4, 0.5) is 0 Å². The van der Waals surface area contributed by atoms with E-state index in [0.29, 0.717) is 19.6 Å². The van der Waals surface area contributed by atoms with E-state index in [0.717, 1.165) is 19.6 Å². The van der Waals surface area contributed by atoms with Gasteiger partial charge in [0.15, 0.2) is 0 Å². The minimum absolute atomic E-state index is 0.0126. The number of nitrogens with zero attached hydrogens (tertiary/aromatic N) is 1. The van der Waals surface area contributed by atoms with Crippen molar-refractivity contribution in [3.8, 4) is 0 Å². The third-order valence-corrected chi connectivity index (χ3v) is 3.87. The highest BCUT2D eigenvalue weighted by atomic mass is 16.5. The van der Waals surface area contributed by atoms with Crippen LogP contribution in [0.3, 0.4) is 0 Å². The summed E-state index contributed by atoms with van der Waals surface area (Å²) in [6.45, 7) is 7.67. The van der Waals surface area contributed by atoms with Crippen molar-refractivity contribution in [2.45, 2.75) is 38.5 Å². The van der Waals surface area contributed by atoms with E-state index in [2.05, 4.69) is 34.5 Å². The second-order valence-corrected chi connectivity index (χ2v) is 6.78. The SMILES string of the molecule is COCC(C)(C)NC(=O)C[C@@H]1CN(Cc2ccccc2)CCO1. The zero-order valence-corrected chi connectivity index (χ0v) is 14.4. The molecule has 0 aliphatic carbocycles. The molecule has 1 amide bonds. The molecule has 1 aromatic carbocycles. The van der Waals surface area contributed by atoms with Gasteiger partial charge in [0.25, 0.3) is 0 Å². The molecule has 0 spiro atoms. The molecular formula is C18H28N2O3. The zero-order chi connectivity index (χ0) is 16.7. The molecule has 1 aromatic rings. The fourth-order valence-corrected chi connectivity index (χ4v) is 2.92. The molecule has 1 aliphatic rings. The van der Waals surface area contributed by atoms with Crippen molar-refractivity contribution in [1.82, 2.24) is 10.2 Å². The van der Waals surface area contributed by atoms with Gasteiger partial charge in [-0.25, -0.2) is 0 Å². The largest absolute Gasteiger partial charge is 0.382 e. The molecule has 128 valence electrons. The van der Waals surface area contributed by atoms with Gasteiger partial charge in [0.1, 0.15) is 0 Å². The van der Waals surface area contributed by atoms with Gasteiger partial charge in [-0.1, -0.05) is 30.3 Å². The second-order valence-electron chi connectivity index (χ2n) is 6.78. The molecular weight excluding hydrogens is 292 g/mol. The summed E-state index contributed by atoms with van der Waals surface area (Å²) in [6, 6.07) is 10.4. The van der Waals surface area contributed by atoms with Crippen LogP contribution in [-0.2, 0) is 20.8 Å². The van der Waals surface area contributed by atoms with Crippen LogP contribution in [0, 0.1) is 0 Å². The molecule has 0 unspecified atom stereocenters. The fraction of sp³-hybridized carbons (Fsp3) is 0.611. The fourth-order valence-electron chi connectivity index (χ4n) is 2.92. The quantitative estimate of drug-likeness (QED) is 0.832. The lowest BCUT2D eigenvalue weighted by Crippen LogP contribution is -2.49. The predicted molar refractivity (Wildman–Crippen MR) is 90.2 cm³/mol. The molecule has 1 N–H and O–H groups in total. The van der Waals surface area contributed by atoms with Gasteiger partial charge >= 0.3 is 0 Å². The maximum absolute atomic E-state index is 12.2.